The zero-order valence-corrected chi connectivity index (χ0v) is 21.0. The van der Waals surface area contributed by atoms with Crippen LogP contribution in [-0.4, -0.2) is 41.7 Å². The van der Waals surface area contributed by atoms with Gasteiger partial charge in [0.25, 0.3) is 17.1 Å². The van der Waals surface area contributed by atoms with Crippen LogP contribution in [0.1, 0.15) is 11.1 Å². The molecule has 1 aliphatic heterocycles. The highest BCUT2D eigenvalue weighted by atomic mass is 35.5. The highest BCUT2D eigenvalue weighted by Gasteiger charge is 2.35. The van der Waals surface area contributed by atoms with Crippen molar-refractivity contribution < 1.29 is 23.9 Å². The van der Waals surface area contributed by atoms with E-state index in [2.05, 4.69) is 5.32 Å². The largest absolute Gasteiger partial charge is 0.492 e. The second-order valence-electron chi connectivity index (χ2n) is 7.88. The van der Waals surface area contributed by atoms with Crippen molar-refractivity contribution in [1.82, 2.24) is 4.90 Å². The van der Waals surface area contributed by atoms with Crippen molar-refractivity contribution in [3.05, 3.63) is 93.9 Å². The van der Waals surface area contributed by atoms with E-state index >= 15 is 0 Å². The number of para-hydroxylation sites is 1. The van der Waals surface area contributed by atoms with Gasteiger partial charge in [0.1, 0.15) is 18.1 Å². The summed E-state index contributed by atoms with van der Waals surface area (Å²) in [4.78, 5) is 39.0. The van der Waals surface area contributed by atoms with Crippen LogP contribution in [0.4, 0.5) is 10.5 Å². The maximum Gasteiger partial charge on any atom is 0.293 e. The maximum atomic E-state index is 12.9. The average Bonchev–Trinajstić information content (AvgIpc) is 3.11. The Hall–Kier alpha value is -3.75. The first-order valence-corrected chi connectivity index (χ1v) is 12.3. The molecule has 1 aliphatic rings. The van der Waals surface area contributed by atoms with Gasteiger partial charge in [0, 0.05) is 16.3 Å². The highest BCUT2D eigenvalue weighted by Crippen LogP contribution is 2.34. The van der Waals surface area contributed by atoms with Crippen LogP contribution in [0.25, 0.3) is 6.08 Å². The molecule has 1 saturated heterocycles. The maximum absolute atomic E-state index is 12.9. The van der Waals surface area contributed by atoms with E-state index in [1.54, 1.807) is 36.4 Å². The molecule has 0 aromatic heterocycles. The first-order chi connectivity index (χ1) is 17.4. The predicted octanol–water partition coefficient (Wildman–Crippen LogP) is 5.78. The van der Waals surface area contributed by atoms with Crippen molar-refractivity contribution in [3.63, 3.8) is 0 Å². The second kappa shape index (κ2) is 11.8. The third-order valence-electron chi connectivity index (χ3n) is 5.12. The van der Waals surface area contributed by atoms with Crippen LogP contribution in [-0.2, 0) is 9.59 Å². The average molecular weight is 523 g/mol. The first-order valence-electron chi connectivity index (χ1n) is 11.1. The fraction of sp³-hybridized carbons (Fsp3) is 0.148. The Balaban J connectivity index is 1.40. The van der Waals surface area contributed by atoms with Crippen LogP contribution < -0.4 is 14.8 Å². The number of anilines is 1. The summed E-state index contributed by atoms with van der Waals surface area (Å²) in [5.74, 6) is 0.272. The summed E-state index contributed by atoms with van der Waals surface area (Å²) < 4.78 is 11.4. The van der Waals surface area contributed by atoms with E-state index in [0.29, 0.717) is 27.8 Å². The molecule has 0 saturated carbocycles. The number of hydrogen-bond acceptors (Lipinski definition) is 6. The minimum absolute atomic E-state index is 0.120. The van der Waals surface area contributed by atoms with E-state index in [9.17, 15) is 14.4 Å². The molecule has 7 nitrogen and oxygen atoms in total. The minimum atomic E-state index is -0.425. The van der Waals surface area contributed by atoms with Gasteiger partial charge in [-0.3, -0.25) is 19.3 Å². The van der Waals surface area contributed by atoms with Crippen LogP contribution in [0.15, 0.2) is 77.7 Å². The molecule has 0 unspecified atom stereocenters. The zero-order valence-electron chi connectivity index (χ0n) is 19.4. The van der Waals surface area contributed by atoms with E-state index in [1.165, 1.54) is 0 Å². The van der Waals surface area contributed by atoms with Crippen molar-refractivity contribution in [2.45, 2.75) is 6.92 Å². The van der Waals surface area contributed by atoms with E-state index in [1.807, 2.05) is 49.4 Å². The summed E-state index contributed by atoms with van der Waals surface area (Å²) in [6.45, 7) is 2.01. The summed E-state index contributed by atoms with van der Waals surface area (Å²) in [6.07, 6.45) is 1.54. The molecule has 3 aromatic rings. The molecule has 0 radical (unpaired) electrons. The number of imide groups is 1. The molecule has 1 fully saturated rings. The van der Waals surface area contributed by atoms with Gasteiger partial charge < -0.3 is 14.8 Å². The quantitative estimate of drug-likeness (QED) is 0.358. The van der Waals surface area contributed by atoms with Crippen LogP contribution in [0.3, 0.4) is 0 Å². The van der Waals surface area contributed by atoms with Gasteiger partial charge in [0.05, 0.1) is 11.4 Å². The first kappa shape index (κ1) is 25.3. The Kier molecular flexibility index (Phi) is 8.30. The fourth-order valence-corrected chi connectivity index (χ4v) is 4.46. The Labute approximate surface area is 218 Å². The van der Waals surface area contributed by atoms with Crippen molar-refractivity contribution >= 4 is 52.2 Å². The van der Waals surface area contributed by atoms with Gasteiger partial charge in [-0.25, -0.2) is 0 Å². The molecule has 0 aliphatic carbocycles. The van der Waals surface area contributed by atoms with Gasteiger partial charge in [-0.2, -0.15) is 0 Å². The number of rotatable bonds is 9. The Morgan fingerprint density at radius 1 is 1.03 bits per heavy atom. The summed E-state index contributed by atoms with van der Waals surface area (Å²) in [5.41, 5.74) is 2.19. The highest BCUT2D eigenvalue weighted by molar-refractivity contribution is 8.18. The molecule has 1 heterocycles. The number of nitrogens with zero attached hydrogens (tertiary/aromatic N) is 1. The number of amides is 3. The molecule has 3 aromatic carbocycles. The Morgan fingerprint density at radius 3 is 2.61 bits per heavy atom. The third kappa shape index (κ3) is 6.68. The number of thioether (sulfide) groups is 1. The molecule has 3 amide bonds. The summed E-state index contributed by atoms with van der Waals surface area (Å²) in [7, 11) is 0. The molecule has 1 N–H and O–H groups in total. The van der Waals surface area contributed by atoms with Crippen LogP contribution >= 0.6 is 23.4 Å². The Bertz CT molecular complexity index is 1310. The topological polar surface area (TPSA) is 84.9 Å². The minimum Gasteiger partial charge on any atom is -0.492 e. The lowest BCUT2D eigenvalue weighted by atomic mass is 10.2. The number of carbonyl (C=O) groups excluding carboxylic acids is 3. The van der Waals surface area contributed by atoms with Gasteiger partial charge in [-0.05, 0) is 72.8 Å². The third-order valence-corrected chi connectivity index (χ3v) is 6.26. The van der Waals surface area contributed by atoms with Gasteiger partial charge >= 0.3 is 0 Å². The normalized spacial score (nSPS) is 14.3. The molecular formula is C27H23ClN2O5S. The summed E-state index contributed by atoms with van der Waals surface area (Å²) in [5, 5.41) is 2.78. The number of ether oxygens (including phenoxy) is 2. The van der Waals surface area contributed by atoms with Crippen molar-refractivity contribution in [2.24, 2.45) is 0 Å². The molecule has 9 heteroatoms. The lowest BCUT2D eigenvalue weighted by Gasteiger charge is -2.13. The second-order valence-corrected chi connectivity index (χ2v) is 9.31. The van der Waals surface area contributed by atoms with Gasteiger partial charge in [-0.1, -0.05) is 41.9 Å². The van der Waals surface area contributed by atoms with E-state index < -0.39 is 5.91 Å². The number of carbonyl (C=O) groups is 3. The van der Waals surface area contributed by atoms with Crippen LogP contribution in [0, 0.1) is 6.92 Å². The lowest BCUT2D eigenvalue weighted by Crippen LogP contribution is -2.32. The summed E-state index contributed by atoms with van der Waals surface area (Å²) in [6, 6.07) is 21.4. The SMILES string of the molecule is Cc1cccc(OCCN2C(=O)S/C(=C\c3cc(Cl)ccc3OCC(=O)Nc3ccccc3)C2=O)c1. The monoisotopic (exact) mass is 522 g/mol. The predicted molar refractivity (Wildman–Crippen MR) is 141 cm³/mol. The number of benzene rings is 3. The number of hydrogen-bond donors (Lipinski definition) is 1. The smallest absolute Gasteiger partial charge is 0.293 e. The number of halogens is 1. The fourth-order valence-electron chi connectivity index (χ4n) is 3.42. The molecule has 0 bridgehead atoms. The Morgan fingerprint density at radius 2 is 1.83 bits per heavy atom. The molecule has 36 heavy (non-hydrogen) atoms. The van der Waals surface area contributed by atoms with Crippen molar-refractivity contribution in [3.8, 4) is 11.5 Å². The van der Waals surface area contributed by atoms with E-state index in [-0.39, 0.29) is 35.8 Å². The molecule has 0 atom stereocenters. The van der Waals surface area contributed by atoms with Gasteiger partial charge in [0.15, 0.2) is 6.61 Å². The molecular weight excluding hydrogens is 500 g/mol. The lowest BCUT2D eigenvalue weighted by molar-refractivity contribution is -0.123. The molecule has 184 valence electrons. The van der Waals surface area contributed by atoms with Crippen LogP contribution in [0.2, 0.25) is 5.02 Å². The zero-order chi connectivity index (χ0) is 25.5. The van der Waals surface area contributed by atoms with Gasteiger partial charge in [0.2, 0.25) is 0 Å². The van der Waals surface area contributed by atoms with Crippen molar-refractivity contribution in [2.75, 3.05) is 25.1 Å². The molecule has 0 spiro atoms. The number of nitrogens with one attached hydrogen (secondary N) is 1. The van der Waals surface area contributed by atoms with Gasteiger partial charge in [-0.15, -0.1) is 0 Å². The number of aryl methyl sites for hydroxylation is 1. The standard InChI is InChI=1S/C27H23ClN2O5S/c1-18-6-5-9-22(14-18)34-13-12-30-26(32)24(36-27(30)33)16-19-15-20(28)10-11-23(19)35-17-25(31)29-21-7-3-2-4-8-21/h2-11,14-16H,12-13,17H2,1H3,(H,29,31)/b24-16-. The summed E-state index contributed by atoms with van der Waals surface area (Å²) >= 11 is 6.99. The van der Waals surface area contributed by atoms with Crippen molar-refractivity contribution in [1.29, 1.82) is 0 Å². The van der Waals surface area contributed by atoms with E-state index in [0.717, 1.165) is 22.2 Å². The van der Waals surface area contributed by atoms with E-state index in [4.69, 9.17) is 21.1 Å². The van der Waals surface area contributed by atoms with Crippen LogP contribution in [0.5, 0.6) is 11.5 Å². The molecule has 4 rings (SSSR count).